The number of aliphatic hydroxyl groups excluding tert-OH is 2. The molecule has 14 heteroatoms. The van der Waals surface area contributed by atoms with Crippen molar-refractivity contribution in [1.29, 1.82) is 0 Å². The van der Waals surface area contributed by atoms with Gasteiger partial charge in [0.2, 0.25) is 23.6 Å². The van der Waals surface area contributed by atoms with Gasteiger partial charge in [-0.1, -0.05) is 191 Å². The number of carboxylic acids is 1. The Labute approximate surface area is 423 Å². The number of carbonyl (C=O) groups excluding carboxylic acids is 4. The fraction of sp³-hybridized carbons (Fsp3) is 0.589. The van der Waals surface area contributed by atoms with Gasteiger partial charge in [0.1, 0.15) is 13.2 Å². The van der Waals surface area contributed by atoms with Crippen molar-refractivity contribution in [1.82, 2.24) is 25.6 Å². The highest BCUT2D eigenvalue weighted by Gasteiger charge is 2.32. The molecule has 2 aliphatic rings. The van der Waals surface area contributed by atoms with Crippen molar-refractivity contribution in [2.45, 2.75) is 171 Å². The fourth-order valence-corrected chi connectivity index (χ4v) is 6.18. The Morgan fingerprint density at radius 3 is 1.60 bits per heavy atom. The summed E-state index contributed by atoms with van der Waals surface area (Å²) < 4.78 is 1.78. The SMILES string of the molecule is C/C=C\C=C/C.CCCC.CCCCCC.CCCCCCCC.CO.CO.COn1cc(C)c2ccccc21.O=C(O)Cc1ccccc1.O=C1CNC(=O)CNC(=O)C2CCCCN2C(=O)CN1. The monoisotopic (exact) mass is 984 g/mol. The molecule has 1 aromatic heterocycles. The zero-order chi connectivity index (χ0) is 53.8. The number of hydrogen-bond acceptors (Lipinski definition) is 8. The van der Waals surface area contributed by atoms with E-state index < -0.39 is 23.8 Å². The lowest BCUT2D eigenvalue weighted by atomic mass is 10.0. The van der Waals surface area contributed by atoms with Crippen LogP contribution in [-0.2, 0) is 30.4 Å². The van der Waals surface area contributed by atoms with E-state index in [-0.39, 0.29) is 37.9 Å². The van der Waals surface area contributed by atoms with E-state index in [0.717, 1.165) is 38.1 Å². The topological polar surface area (TPSA) is 200 Å². The molecule has 1 atom stereocenters. The van der Waals surface area contributed by atoms with Gasteiger partial charge < -0.3 is 41.0 Å². The Morgan fingerprint density at radius 1 is 0.657 bits per heavy atom. The first-order valence-electron chi connectivity index (χ1n) is 25.5. The number of aliphatic hydroxyl groups is 2. The Hall–Kier alpha value is -5.47. The first-order chi connectivity index (χ1) is 33.8. The molecule has 5 rings (SSSR count). The van der Waals surface area contributed by atoms with E-state index in [1.54, 1.807) is 24.0 Å². The van der Waals surface area contributed by atoms with Crippen LogP contribution in [0.2, 0.25) is 0 Å². The molecule has 0 radical (unpaired) electrons. The van der Waals surface area contributed by atoms with E-state index in [0.29, 0.717) is 13.0 Å². The van der Waals surface area contributed by atoms with E-state index in [9.17, 15) is 24.0 Å². The number of allylic oxidation sites excluding steroid dienone is 4. The smallest absolute Gasteiger partial charge is 0.307 e. The molecule has 6 N–H and O–H groups in total. The second kappa shape index (κ2) is 52.9. The first kappa shape index (κ1) is 71.1. The highest BCUT2D eigenvalue weighted by atomic mass is 16.6. The van der Waals surface area contributed by atoms with Crippen LogP contribution in [-0.4, -0.2) is 108 Å². The van der Waals surface area contributed by atoms with Crippen LogP contribution in [0.4, 0.5) is 0 Å². The standard InChI is InChI=1S/C12H18N4O4.C10H11NO.C8H8O2.C8H18.C6H14.C6H10.C4H10.2CH4O/c17-9-5-13-10(18)6-15-12(20)8-3-1-2-4-16(8)11(19)7-14-9;1-8-7-11(12-2)10-6-4-3-5-9(8)10;9-8(10)6-7-4-2-1-3-5-7;1-3-5-7-8-6-4-2;2*1-3-5-6-4-2;1-3-4-2;2*1-2/h8H,1-7H2,(H,13,18)(H,14,17)(H,15,20);3-7H,1-2H3;1-5H,6H2,(H,9,10);3-8H2,1-2H3;3-6H2,1-2H3;3-6H,1-2H3;3-4H2,1-2H3;2*2H,1H3/b;;;;;5-3-,6-4-;;;. The van der Waals surface area contributed by atoms with Crippen molar-refractivity contribution < 1.29 is 44.1 Å². The van der Waals surface area contributed by atoms with E-state index in [1.165, 1.54) is 92.9 Å². The molecule has 0 spiro atoms. The summed E-state index contributed by atoms with van der Waals surface area (Å²) in [6.07, 6.45) is 29.0. The van der Waals surface area contributed by atoms with Gasteiger partial charge in [0.05, 0.1) is 31.6 Å². The number of unbranched alkanes of at least 4 members (excludes halogenated alkanes) is 9. The molecule has 0 aliphatic carbocycles. The lowest BCUT2D eigenvalue weighted by Crippen LogP contribution is -2.56. The second-order valence-electron chi connectivity index (χ2n) is 15.9. The number of benzene rings is 2. The average molecular weight is 984 g/mol. The van der Waals surface area contributed by atoms with Crippen LogP contribution in [0, 0.1) is 6.92 Å². The van der Waals surface area contributed by atoms with Crippen LogP contribution < -0.4 is 20.8 Å². The van der Waals surface area contributed by atoms with Crippen molar-refractivity contribution >= 4 is 40.5 Å². The summed E-state index contributed by atoms with van der Waals surface area (Å²) in [5.74, 6) is -2.23. The van der Waals surface area contributed by atoms with Crippen molar-refractivity contribution in [3.8, 4) is 0 Å². The molecule has 1 unspecified atom stereocenters. The highest BCUT2D eigenvalue weighted by molar-refractivity contribution is 5.94. The first-order valence-corrected chi connectivity index (χ1v) is 25.5. The molecule has 0 bridgehead atoms. The minimum Gasteiger partial charge on any atom is -0.481 e. The lowest BCUT2D eigenvalue weighted by molar-refractivity contribution is -0.143. The number of carbonyl (C=O) groups is 5. The number of rotatable bonds is 13. The number of aromatic nitrogens is 1. The van der Waals surface area contributed by atoms with Crippen molar-refractivity contribution in [3.63, 3.8) is 0 Å². The lowest BCUT2D eigenvalue weighted by Gasteiger charge is -2.35. The molecule has 0 saturated carbocycles. The molecule has 2 saturated heterocycles. The largest absolute Gasteiger partial charge is 0.481 e. The number of amides is 4. The molecule has 2 aliphatic heterocycles. The van der Waals surface area contributed by atoms with Gasteiger partial charge in [-0.3, -0.25) is 24.0 Å². The molecule has 2 fully saturated rings. The number of carboxylic acid groups (broad SMARTS) is 1. The van der Waals surface area contributed by atoms with Gasteiger partial charge in [-0.15, -0.1) is 0 Å². The number of nitrogens with one attached hydrogen (secondary N) is 3. The normalized spacial score (nSPS) is 13.9. The number of nitrogens with zero attached hydrogens (tertiary/aromatic N) is 2. The quantitative estimate of drug-likeness (QED) is 0.0713. The van der Waals surface area contributed by atoms with Crippen molar-refractivity contribution in [3.05, 3.63) is 96.2 Å². The van der Waals surface area contributed by atoms with Crippen LogP contribution >= 0.6 is 0 Å². The third-order valence-electron chi connectivity index (χ3n) is 10.1. The number of fused-ring (bicyclic) bond motifs is 2. The molecule has 3 heterocycles. The summed E-state index contributed by atoms with van der Waals surface area (Å²) in [6.45, 7) is 19.4. The van der Waals surface area contributed by atoms with Crippen LogP contribution in [0.5, 0.6) is 0 Å². The van der Waals surface area contributed by atoms with Gasteiger partial charge >= 0.3 is 5.97 Å². The number of aliphatic carboxylic acids is 1. The van der Waals surface area contributed by atoms with E-state index in [2.05, 4.69) is 70.5 Å². The number of piperidine rings is 1. The maximum Gasteiger partial charge on any atom is 0.307 e. The van der Waals surface area contributed by atoms with E-state index in [4.69, 9.17) is 20.2 Å². The predicted molar refractivity (Wildman–Crippen MR) is 291 cm³/mol. The van der Waals surface area contributed by atoms with Crippen LogP contribution in [0.3, 0.4) is 0 Å². The summed E-state index contributed by atoms with van der Waals surface area (Å²) in [4.78, 5) is 63.8. The Morgan fingerprint density at radius 2 is 1.13 bits per heavy atom. The molecule has 70 heavy (non-hydrogen) atoms. The van der Waals surface area contributed by atoms with Gasteiger partial charge in [-0.05, 0) is 57.2 Å². The zero-order valence-corrected chi connectivity index (χ0v) is 45.5. The molecular weight excluding hydrogens is 887 g/mol. The molecule has 2 aromatic carbocycles. The summed E-state index contributed by atoms with van der Waals surface area (Å²) >= 11 is 0. The molecular formula is C56H97N5O9. The molecule has 3 aromatic rings. The maximum atomic E-state index is 12.1. The van der Waals surface area contributed by atoms with Crippen LogP contribution in [0.15, 0.2) is 85.1 Å². The highest BCUT2D eigenvalue weighted by Crippen LogP contribution is 2.19. The number of hydrogen-bond donors (Lipinski definition) is 6. The predicted octanol–water partition coefficient (Wildman–Crippen LogP) is 10.2. The average Bonchev–Trinajstić information content (AvgIpc) is 3.73. The minimum atomic E-state index is -0.786. The molecule has 14 nitrogen and oxygen atoms in total. The van der Waals surface area contributed by atoms with Gasteiger partial charge in [0, 0.05) is 32.3 Å². The maximum absolute atomic E-state index is 12.1. The second-order valence-corrected chi connectivity index (χ2v) is 15.9. The Bertz CT molecular complexity index is 1700. The zero-order valence-electron chi connectivity index (χ0n) is 45.5. The van der Waals surface area contributed by atoms with Crippen LogP contribution in [0.25, 0.3) is 10.9 Å². The van der Waals surface area contributed by atoms with Crippen molar-refractivity contribution in [2.75, 3.05) is 47.5 Å². The van der Waals surface area contributed by atoms with E-state index >= 15 is 0 Å². The third-order valence-corrected chi connectivity index (χ3v) is 10.1. The summed E-state index contributed by atoms with van der Waals surface area (Å²) in [6, 6.07) is 16.8. The fourth-order valence-electron chi connectivity index (χ4n) is 6.18. The Balaban J connectivity index is -0.000000381. The van der Waals surface area contributed by atoms with Gasteiger partial charge in [-0.2, -0.15) is 4.73 Å². The molecule has 400 valence electrons. The van der Waals surface area contributed by atoms with Gasteiger partial charge in [-0.25, -0.2) is 0 Å². The van der Waals surface area contributed by atoms with Gasteiger partial charge in [0.25, 0.3) is 0 Å². The third kappa shape index (κ3) is 39.4. The summed E-state index contributed by atoms with van der Waals surface area (Å²) in [7, 11) is 3.67. The van der Waals surface area contributed by atoms with Gasteiger partial charge in [0.15, 0.2) is 0 Å². The van der Waals surface area contributed by atoms with E-state index in [1.807, 2.05) is 80.7 Å². The minimum absolute atomic E-state index is 0.112. The Kier molecular flexibility index (Phi) is 53.7. The number of para-hydroxylation sites is 1. The van der Waals surface area contributed by atoms with Crippen molar-refractivity contribution in [2.24, 2.45) is 0 Å². The summed E-state index contributed by atoms with van der Waals surface area (Å²) in [5, 5.41) is 30.9. The van der Waals surface area contributed by atoms with Crippen LogP contribution in [0.1, 0.15) is 163 Å². The number of aryl methyl sites for hydroxylation is 1. The molecule has 4 amide bonds. The summed E-state index contributed by atoms with van der Waals surface area (Å²) in [5.41, 5.74) is 3.21.